The quantitative estimate of drug-likeness (QED) is 0.326. The summed E-state index contributed by atoms with van der Waals surface area (Å²) in [4.78, 5) is 36.9. The van der Waals surface area contributed by atoms with E-state index in [2.05, 4.69) is 10.2 Å². The van der Waals surface area contributed by atoms with Crippen LogP contribution in [0.1, 0.15) is 29.3 Å². The average molecular weight is 428 g/mol. The van der Waals surface area contributed by atoms with Crippen LogP contribution in [0, 0.1) is 5.82 Å². The van der Waals surface area contributed by atoms with E-state index in [1.54, 1.807) is 19.1 Å². The number of amides is 2. The molecule has 0 aromatic heterocycles. The molecule has 2 aromatic carbocycles. The molecule has 1 aliphatic rings. The predicted octanol–water partition coefficient (Wildman–Crippen LogP) is 2.63. The van der Waals surface area contributed by atoms with Gasteiger partial charge in [0.05, 0.1) is 17.0 Å². The number of nitrogens with two attached hydrogens (primary N) is 1. The van der Waals surface area contributed by atoms with Crippen molar-refractivity contribution in [3.8, 4) is 0 Å². The topological polar surface area (TPSA) is 125 Å². The molecular weight excluding hydrogens is 411 g/mol. The molecule has 0 spiro atoms. The molecule has 1 fully saturated rings. The zero-order valence-corrected chi connectivity index (χ0v) is 16.6. The maximum Gasteiger partial charge on any atom is 0.335 e. The highest BCUT2D eigenvalue weighted by molar-refractivity contribution is 8.14. The van der Waals surface area contributed by atoms with Gasteiger partial charge in [-0.15, -0.1) is 5.10 Å². The zero-order chi connectivity index (χ0) is 21.8. The molecule has 0 bridgehead atoms. The number of imide groups is 1. The lowest BCUT2D eigenvalue weighted by atomic mass is 10.1. The van der Waals surface area contributed by atoms with E-state index < -0.39 is 23.0 Å². The van der Waals surface area contributed by atoms with Gasteiger partial charge in [-0.1, -0.05) is 23.9 Å². The van der Waals surface area contributed by atoms with E-state index in [-0.39, 0.29) is 23.0 Å². The first-order valence-electron chi connectivity index (χ1n) is 8.76. The number of anilines is 1. The summed E-state index contributed by atoms with van der Waals surface area (Å²) in [6.45, 7) is 1.68. The Kier molecular flexibility index (Phi) is 6.26. The standard InChI is InChI=1S/C20H17FN4O4S/c1-11(12-2-6-14(21)7-3-12)23-24-20(22)30-16-10-17(26)25(18(16)27)15-8-4-13(5-9-15)19(28)29/h2-9,16H,10H2,1H3,(H2,22,24)(H,28,29)/b23-11+. The summed E-state index contributed by atoms with van der Waals surface area (Å²) in [5.74, 6) is -2.35. The molecule has 1 aliphatic heterocycles. The number of hydrogen-bond acceptors (Lipinski definition) is 6. The zero-order valence-electron chi connectivity index (χ0n) is 15.8. The van der Waals surface area contributed by atoms with Gasteiger partial charge in [0.2, 0.25) is 11.8 Å². The molecule has 2 amide bonds. The molecule has 3 rings (SSSR count). The van der Waals surface area contributed by atoms with Crippen molar-refractivity contribution in [2.24, 2.45) is 15.9 Å². The summed E-state index contributed by atoms with van der Waals surface area (Å²) >= 11 is 0.920. The van der Waals surface area contributed by atoms with Crippen LogP contribution in [0.3, 0.4) is 0 Å². The van der Waals surface area contributed by atoms with Gasteiger partial charge in [0.25, 0.3) is 0 Å². The lowest BCUT2D eigenvalue weighted by Gasteiger charge is -2.14. The highest BCUT2D eigenvalue weighted by Gasteiger charge is 2.40. The Morgan fingerprint density at radius 3 is 2.30 bits per heavy atom. The number of hydrogen-bond donors (Lipinski definition) is 2. The largest absolute Gasteiger partial charge is 0.478 e. The molecule has 10 heteroatoms. The molecule has 1 heterocycles. The average Bonchev–Trinajstić information content (AvgIpc) is 2.99. The van der Waals surface area contributed by atoms with Crippen molar-refractivity contribution in [1.82, 2.24) is 0 Å². The number of carboxylic acids is 1. The second-order valence-corrected chi connectivity index (χ2v) is 7.58. The molecule has 0 radical (unpaired) electrons. The highest BCUT2D eigenvalue weighted by atomic mass is 32.2. The lowest BCUT2D eigenvalue weighted by Crippen LogP contribution is -2.31. The molecule has 0 saturated carbocycles. The first-order valence-corrected chi connectivity index (χ1v) is 9.64. The van der Waals surface area contributed by atoms with Crippen LogP contribution < -0.4 is 10.6 Å². The number of thioether (sulfide) groups is 1. The maximum atomic E-state index is 13.0. The van der Waals surface area contributed by atoms with Crippen LogP contribution in [0.15, 0.2) is 58.7 Å². The second kappa shape index (κ2) is 8.87. The van der Waals surface area contributed by atoms with Crippen molar-refractivity contribution < 1.29 is 23.9 Å². The molecule has 154 valence electrons. The molecule has 1 atom stereocenters. The van der Waals surface area contributed by atoms with Crippen molar-refractivity contribution in [1.29, 1.82) is 0 Å². The number of rotatable bonds is 5. The van der Waals surface area contributed by atoms with Crippen LogP contribution in [0.25, 0.3) is 0 Å². The van der Waals surface area contributed by atoms with E-state index >= 15 is 0 Å². The Morgan fingerprint density at radius 1 is 1.10 bits per heavy atom. The molecule has 2 aromatic rings. The summed E-state index contributed by atoms with van der Waals surface area (Å²) < 4.78 is 13.0. The van der Waals surface area contributed by atoms with Crippen LogP contribution in [-0.4, -0.2) is 39.0 Å². The molecule has 1 saturated heterocycles. The molecule has 8 nitrogen and oxygen atoms in total. The number of amidine groups is 1. The minimum absolute atomic E-state index is 0.00527. The summed E-state index contributed by atoms with van der Waals surface area (Å²) in [5.41, 5.74) is 7.36. The fourth-order valence-electron chi connectivity index (χ4n) is 2.76. The molecule has 3 N–H and O–H groups in total. The Hall–Kier alpha value is -3.53. The van der Waals surface area contributed by atoms with Gasteiger partial charge >= 0.3 is 5.97 Å². The van der Waals surface area contributed by atoms with E-state index in [0.29, 0.717) is 17.0 Å². The molecular formula is C20H17FN4O4S. The van der Waals surface area contributed by atoms with Crippen LogP contribution in [-0.2, 0) is 9.59 Å². The van der Waals surface area contributed by atoms with Gasteiger partial charge in [-0.25, -0.2) is 14.1 Å². The van der Waals surface area contributed by atoms with Crippen LogP contribution >= 0.6 is 11.8 Å². The summed E-state index contributed by atoms with van der Waals surface area (Å²) in [6, 6.07) is 11.2. The minimum atomic E-state index is -1.10. The second-order valence-electron chi connectivity index (χ2n) is 6.36. The van der Waals surface area contributed by atoms with E-state index in [1.807, 2.05) is 0 Å². The Balaban J connectivity index is 1.69. The van der Waals surface area contributed by atoms with Crippen LogP contribution in [0.2, 0.25) is 0 Å². The van der Waals surface area contributed by atoms with Gasteiger partial charge < -0.3 is 10.8 Å². The summed E-state index contributed by atoms with van der Waals surface area (Å²) in [5, 5.41) is 16.1. The number of carbonyl (C=O) groups excluding carboxylic acids is 2. The summed E-state index contributed by atoms with van der Waals surface area (Å²) in [7, 11) is 0. The molecule has 30 heavy (non-hydrogen) atoms. The first-order chi connectivity index (χ1) is 14.3. The van der Waals surface area contributed by atoms with Gasteiger partial charge in [-0.2, -0.15) is 5.10 Å². The number of nitrogens with zero attached hydrogens (tertiary/aromatic N) is 3. The van der Waals surface area contributed by atoms with Crippen LogP contribution in [0.4, 0.5) is 10.1 Å². The number of carbonyl (C=O) groups is 3. The summed E-state index contributed by atoms with van der Waals surface area (Å²) in [6.07, 6.45) is -0.0684. The smallest absolute Gasteiger partial charge is 0.335 e. The lowest BCUT2D eigenvalue weighted by molar-refractivity contribution is -0.121. The molecule has 1 unspecified atom stereocenters. The van der Waals surface area contributed by atoms with Crippen molar-refractivity contribution in [3.63, 3.8) is 0 Å². The number of aromatic carboxylic acids is 1. The highest BCUT2D eigenvalue weighted by Crippen LogP contribution is 2.30. The monoisotopic (exact) mass is 428 g/mol. The third kappa shape index (κ3) is 4.71. The van der Waals surface area contributed by atoms with E-state index in [0.717, 1.165) is 16.7 Å². The van der Waals surface area contributed by atoms with Gasteiger partial charge in [-0.05, 0) is 48.9 Å². The first kappa shape index (κ1) is 21.2. The number of benzene rings is 2. The Morgan fingerprint density at radius 2 is 1.70 bits per heavy atom. The predicted molar refractivity (Wildman–Crippen MR) is 112 cm³/mol. The number of halogens is 1. The van der Waals surface area contributed by atoms with Crippen molar-refractivity contribution >= 4 is 46.1 Å². The van der Waals surface area contributed by atoms with Gasteiger partial charge in [0.1, 0.15) is 11.1 Å². The minimum Gasteiger partial charge on any atom is -0.478 e. The van der Waals surface area contributed by atoms with Gasteiger partial charge in [0, 0.05) is 6.42 Å². The van der Waals surface area contributed by atoms with Gasteiger partial charge in [-0.3, -0.25) is 9.59 Å². The molecule has 0 aliphatic carbocycles. The Bertz CT molecular complexity index is 1050. The van der Waals surface area contributed by atoms with Gasteiger partial charge in [0.15, 0.2) is 5.17 Å². The van der Waals surface area contributed by atoms with Crippen LogP contribution in [0.5, 0.6) is 0 Å². The fourth-order valence-corrected chi connectivity index (χ4v) is 3.57. The van der Waals surface area contributed by atoms with Crippen molar-refractivity contribution in [2.75, 3.05) is 4.90 Å². The third-order valence-corrected chi connectivity index (χ3v) is 5.28. The normalized spacial score (nSPS) is 17.5. The SMILES string of the molecule is C/C(=N\N=C(N)SC1CC(=O)N(c2ccc(C(=O)O)cc2)C1=O)c1ccc(F)cc1. The van der Waals surface area contributed by atoms with E-state index in [9.17, 15) is 18.8 Å². The van der Waals surface area contributed by atoms with E-state index in [1.165, 1.54) is 36.4 Å². The Labute approximate surface area is 175 Å². The van der Waals surface area contributed by atoms with Crippen molar-refractivity contribution in [2.45, 2.75) is 18.6 Å². The maximum absolute atomic E-state index is 13.0. The van der Waals surface area contributed by atoms with Crippen molar-refractivity contribution in [3.05, 3.63) is 65.5 Å². The number of carboxylic acid groups (broad SMARTS) is 1. The fraction of sp³-hybridized carbons (Fsp3) is 0.150. The third-order valence-electron chi connectivity index (χ3n) is 4.30. The van der Waals surface area contributed by atoms with E-state index in [4.69, 9.17) is 10.8 Å².